The maximum absolute atomic E-state index is 11.9. The number of aliphatic carboxylic acids is 3. The molecule has 6 nitrogen and oxygen atoms in total. The number of carboxylic acids is 3. The molecule has 11 heteroatoms. The Morgan fingerprint density at radius 3 is 1.33 bits per heavy atom. The molecule has 256 valence electrons. The lowest BCUT2D eigenvalue weighted by molar-refractivity contribution is -0.137. The molecule has 51 heavy (non-hydrogen) atoms. The summed E-state index contributed by atoms with van der Waals surface area (Å²) in [4.78, 5) is 45.0. The topological polar surface area (TPSA) is 112 Å². The predicted molar refractivity (Wildman–Crippen MR) is 212 cm³/mol. The van der Waals surface area contributed by atoms with E-state index in [1.54, 1.807) is 62.8 Å². The Balaban J connectivity index is 1.21. The number of carbonyl (C=O) groups is 3. The molecule has 0 spiro atoms. The first kappa shape index (κ1) is 34.8. The third-order valence-electron chi connectivity index (χ3n) is 8.24. The van der Waals surface area contributed by atoms with Crippen molar-refractivity contribution in [2.75, 3.05) is 0 Å². The summed E-state index contributed by atoms with van der Waals surface area (Å²) >= 11 is 7.96. The number of carboxylic acid groups (broad SMARTS) is 3. The van der Waals surface area contributed by atoms with E-state index in [4.69, 9.17) is 0 Å². The monoisotopic (exact) mass is 766 g/mol. The third-order valence-corrected chi connectivity index (χ3v) is 14.7. The molecule has 5 heterocycles. The van der Waals surface area contributed by atoms with Crippen LogP contribution in [0.2, 0.25) is 0 Å². The van der Waals surface area contributed by atoms with Crippen molar-refractivity contribution in [3.05, 3.63) is 119 Å². The van der Waals surface area contributed by atoms with Gasteiger partial charge < -0.3 is 15.3 Å². The Morgan fingerprint density at radius 1 is 0.451 bits per heavy atom. The zero-order valence-corrected chi connectivity index (χ0v) is 31.3. The molecule has 0 unspecified atom stereocenters. The van der Waals surface area contributed by atoms with Gasteiger partial charge in [-0.3, -0.25) is 14.4 Å². The van der Waals surface area contributed by atoms with E-state index in [0.717, 1.165) is 77.4 Å². The second-order valence-electron chi connectivity index (χ2n) is 11.9. The average molecular weight is 767 g/mol. The van der Waals surface area contributed by atoms with Crippen molar-refractivity contribution in [2.24, 2.45) is 0 Å². The van der Waals surface area contributed by atoms with Gasteiger partial charge in [0.25, 0.3) is 0 Å². The summed E-state index contributed by atoms with van der Waals surface area (Å²) in [7, 11) is 0. The standard InChI is InChI=1S/C40H30O6S5/c1-2-22-5-3-7-24(15-22)28-9-11-30(47-28)34-18-26(20-37(43)44)39(50-34)32-13-14-33(49-32)40-27(21-38(45)46)19-35(51-40)31-12-10-29(48-31)25-8-4-6-23(16-25)17-36(41)42/h3-16,18-19H,2,17,20-21H2,1H3,(H,41,42)(H,43,44)(H,45,46). The molecule has 0 bridgehead atoms. The van der Waals surface area contributed by atoms with Crippen molar-refractivity contribution >= 4 is 74.6 Å². The van der Waals surface area contributed by atoms with Crippen LogP contribution in [0.5, 0.6) is 0 Å². The lowest BCUT2D eigenvalue weighted by atomic mass is 10.1. The van der Waals surface area contributed by atoms with Crippen molar-refractivity contribution < 1.29 is 29.7 Å². The Labute approximate surface area is 314 Å². The molecular formula is C40H30O6S5. The van der Waals surface area contributed by atoms with Gasteiger partial charge in [-0.2, -0.15) is 0 Å². The zero-order valence-electron chi connectivity index (χ0n) is 27.2. The van der Waals surface area contributed by atoms with Crippen molar-refractivity contribution in [3.63, 3.8) is 0 Å². The minimum Gasteiger partial charge on any atom is -0.481 e. The Bertz CT molecular complexity index is 2400. The van der Waals surface area contributed by atoms with Gasteiger partial charge in [-0.15, -0.1) is 56.7 Å². The molecule has 0 aliphatic heterocycles. The van der Waals surface area contributed by atoms with Crippen molar-refractivity contribution in [3.8, 4) is 59.9 Å². The summed E-state index contributed by atoms with van der Waals surface area (Å²) in [5.41, 5.74) is 5.61. The highest BCUT2D eigenvalue weighted by molar-refractivity contribution is 7.30. The number of aryl methyl sites for hydroxylation is 1. The molecule has 3 N–H and O–H groups in total. The van der Waals surface area contributed by atoms with Gasteiger partial charge in [-0.05, 0) is 94.4 Å². The molecule has 2 aromatic carbocycles. The van der Waals surface area contributed by atoms with Gasteiger partial charge in [0.05, 0.1) is 19.3 Å². The maximum atomic E-state index is 11.9. The van der Waals surface area contributed by atoms with Crippen LogP contribution in [0.15, 0.2) is 97.1 Å². The molecule has 7 aromatic rings. The van der Waals surface area contributed by atoms with E-state index in [2.05, 4.69) is 43.3 Å². The summed E-state index contributed by atoms with van der Waals surface area (Å²) in [6.45, 7) is 2.14. The SMILES string of the molecule is CCc1cccc(-c2ccc(-c3cc(CC(=O)O)c(-c4ccc(-c5sc(-c6ccc(-c7cccc(CC(=O)O)c7)s6)cc5CC(=O)O)s4)s3)s2)c1. The van der Waals surface area contributed by atoms with E-state index >= 15 is 0 Å². The van der Waals surface area contributed by atoms with Crippen LogP contribution in [0.1, 0.15) is 29.2 Å². The molecule has 0 amide bonds. The largest absolute Gasteiger partial charge is 0.481 e. The van der Waals surface area contributed by atoms with E-state index in [9.17, 15) is 29.7 Å². The molecule has 0 saturated heterocycles. The smallest absolute Gasteiger partial charge is 0.307 e. The van der Waals surface area contributed by atoms with Crippen molar-refractivity contribution in [1.29, 1.82) is 0 Å². The molecule has 0 radical (unpaired) electrons. The molecule has 0 atom stereocenters. The van der Waals surface area contributed by atoms with Gasteiger partial charge in [-0.1, -0.05) is 49.4 Å². The number of hydrogen-bond acceptors (Lipinski definition) is 8. The highest BCUT2D eigenvalue weighted by Crippen LogP contribution is 2.49. The quantitative estimate of drug-likeness (QED) is 0.108. The molecule has 0 aliphatic rings. The summed E-state index contributed by atoms with van der Waals surface area (Å²) in [5, 5.41) is 28.8. The van der Waals surface area contributed by atoms with Gasteiger partial charge in [0, 0.05) is 48.8 Å². The molecule has 5 aromatic heterocycles. The fraction of sp³-hybridized carbons (Fsp3) is 0.125. The van der Waals surface area contributed by atoms with Gasteiger partial charge in [0.2, 0.25) is 0 Å². The minimum atomic E-state index is -0.914. The molecule has 0 fully saturated rings. The first-order valence-electron chi connectivity index (χ1n) is 16.0. The minimum absolute atomic E-state index is 0.0463. The van der Waals surface area contributed by atoms with Gasteiger partial charge in [0.1, 0.15) is 0 Å². The van der Waals surface area contributed by atoms with Gasteiger partial charge >= 0.3 is 17.9 Å². The summed E-state index contributed by atoms with van der Waals surface area (Å²) in [5.74, 6) is -2.69. The van der Waals surface area contributed by atoms with E-state index in [0.29, 0.717) is 0 Å². The van der Waals surface area contributed by atoms with Crippen LogP contribution in [-0.2, 0) is 40.1 Å². The van der Waals surface area contributed by atoms with Crippen molar-refractivity contribution in [1.82, 2.24) is 0 Å². The first-order chi connectivity index (χ1) is 24.6. The van der Waals surface area contributed by atoms with E-state index < -0.39 is 17.9 Å². The van der Waals surface area contributed by atoms with Crippen molar-refractivity contribution in [2.45, 2.75) is 32.6 Å². The number of hydrogen-bond donors (Lipinski definition) is 3. The molecule has 0 aliphatic carbocycles. The predicted octanol–water partition coefficient (Wildman–Crippen LogP) is 11.4. The lowest BCUT2D eigenvalue weighted by Crippen LogP contribution is -1.99. The summed E-state index contributed by atoms with van der Waals surface area (Å²) in [6.07, 6.45) is 0.704. The Hall–Kier alpha value is -4.65. The number of thiophene rings is 5. The highest BCUT2D eigenvalue weighted by Gasteiger charge is 2.21. The second-order valence-corrected chi connectivity index (χ2v) is 17.2. The fourth-order valence-corrected chi connectivity index (χ4v) is 11.7. The fourth-order valence-electron chi connectivity index (χ4n) is 5.89. The normalized spacial score (nSPS) is 11.2. The Kier molecular flexibility index (Phi) is 10.2. The van der Waals surface area contributed by atoms with Gasteiger partial charge in [-0.25, -0.2) is 0 Å². The molecular weight excluding hydrogens is 737 g/mol. The van der Waals surface area contributed by atoms with Crippen LogP contribution in [-0.4, -0.2) is 33.2 Å². The first-order valence-corrected chi connectivity index (χ1v) is 20.1. The van der Waals surface area contributed by atoms with Crippen LogP contribution in [0.4, 0.5) is 0 Å². The Morgan fingerprint density at radius 2 is 0.863 bits per heavy atom. The number of benzene rings is 2. The summed E-state index contributed by atoms with van der Waals surface area (Å²) < 4.78 is 0. The van der Waals surface area contributed by atoms with E-state index in [1.807, 2.05) is 54.6 Å². The maximum Gasteiger partial charge on any atom is 0.307 e. The van der Waals surface area contributed by atoms with Crippen LogP contribution < -0.4 is 0 Å². The second kappa shape index (κ2) is 14.9. The van der Waals surface area contributed by atoms with Crippen LogP contribution >= 0.6 is 56.7 Å². The molecule has 0 saturated carbocycles. The van der Waals surface area contributed by atoms with Crippen LogP contribution in [0, 0.1) is 0 Å². The van der Waals surface area contributed by atoms with E-state index in [-0.39, 0.29) is 19.3 Å². The van der Waals surface area contributed by atoms with E-state index in [1.165, 1.54) is 11.1 Å². The number of rotatable bonds is 13. The highest BCUT2D eigenvalue weighted by atomic mass is 32.1. The summed E-state index contributed by atoms with van der Waals surface area (Å²) in [6, 6.07) is 32.3. The van der Waals surface area contributed by atoms with Crippen LogP contribution in [0.3, 0.4) is 0 Å². The third kappa shape index (κ3) is 7.83. The van der Waals surface area contributed by atoms with Gasteiger partial charge in [0.15, 0.2) is 0 Å². The average Bonchev–Trinajstić information content (AvgIpc) is 3.94. The molecule has 7 rings (SSSR count). The lowest BCUT2D eigenvalue weighted by Gasteiger charge is -2.01. The van der Waals surface area contributed by atoms with Crippen LogP contribution in [0.25, 0.3) is 59.9 Å². The zero-order chi connectivity index (χ0) is 35.6.